The van der Waals surface area contributed by atoms with Crippen LogP contribution >= 0.6 is 8.03 Å². The fraction of sp³-hybridized carbons (Fsp3) is 1.00. The summed E-state index contributed by atoms with van der Waals surface area (Å²) in [7, 11) is -11.0. The van der Waals surface area contributed by atoms with Crippen molar-refractivity contribution in [2.75, 3.05) is 19.1 Å². The molecule has 0 aromatic rings. The summed E-state index contributed by atoms with van der Waals surface area (Å²) in [6, 6.07) is 0. The highest BCUT2D eigenvalue weighted by molar-refractivity contribution is 7.97. The Labute approximate surface area is 89.7 Å². The first-order valence-corrected chi connectivity index (χ1v) is 8.98. The van der Waals surface area contributed by atoms with Crippen LogP contribution in [0, 0.1) is 0 Å². The zero-order valence-electron chi connectivity index (χ0n) is 8.46. The minimum Gasteiger partial charge on any atom is -0.328 e. The Bertz CT molecular complexity index is 422. The van der Waals surface area contributed by atoms with E-state index in [1.807, 2.05) is 0 Å². The molecule has 2 atom stereocenters. The molecule has 0 saturated carbocycles. The normalized spacial score (nSPS) is 17.3. The Balaban J connectivity index is 5.01. The van der Waals surface area contributed by atoms with Gasteiger partial charge in [-0.3, -0.25) is 4.57 Å². The Kier molecular flexibility index (Phi) is 5.42. The van der Waals surface area contributed by atoms with Crippen molar-refractivity contribution in [3.05, 3.63) is 0 Å². The Morgan fingerprint density at radius 1 is 1.20 bits per heavy atom. The van der Waals surface area contributed by atoms with Crippen LogP contribution in [0.25, 0.3) is 0 Å². The van der Waals surface area contributed by atoms with Gasteiger partial charge in [-0.2, -0.15) is 8.42 Å². The summed E-state index contributed by atoms with van der Waals surface area (Å²) in [5.74, 6) is 0. The molecule has 15 heavy (non-hydrogen) atoms. The molecule has 0 saturated heterocycles. The fourth-order valence-electron chi connectivity index (χ4n) is 0.654. The van der Waals surface area contributed by atoms with Crippen molar-refractivity contribution in [3.63, 3.8) is 0 Å². The molecule has 7 nitrogen and oxygen atoms in total. The second-order valence-corrected chi connectivity index (χ2v) is 8.27. The largest absolute Gasteiger partial charge is 0.328 e. The van der Waals surface area contributed by atoms with Crippen LogP contribution in [-0.2, 0) is 33.2 Å². The van der Waals surface area contributed by atoms with Gasteiger partial charge in [0.05, 0.1) is 12.9 Å². The lowest BCUT2D eigenvalue weighted by Gasteiger charge is -2.13. The molecule has 0 aromatic carbocycles. The zero-order valence-corrected chi connectivity index (χ0v) is 11.1. The van der Waals surface area contributed by atoms with E-state index in [4.69, 9.17) is 0 Å². The monoisotopic (exact) mass is 280 g/mol. The first kappa shape index (κ1) is 15.0. The zero-order chi connectivity index (χ0) is 12.3. The highest BCUT2D eigenvalue weighted by Gasteiger charge is 2.32. The van der Waals surface area contributed by atoms with Gasteiger partial charge in [0.15, 0.2) is 9.84 Å². The average molecular weight is 280 g/mol. The molecule has 2 unspecified atom stereocenters. The van der Waals surface area contributed by atoms with Gasteiger partial charge in [0.25, 0.3) is 10.1 Å². The van der Waals surface area contributed by atoms with Gasteiger partial charge >= 0.3 is 0 Å². The molecule has 10 heteroatoms. The van der Waals surface area contributed by atoms with Crippen LogP contribution in [0.15, 0.2) is 0 Å². The van der Waals surface area contributed by atoms with Crippen molar-refractivity contribution in [1.82, 2.24) is 0 Å². The molecule has 0 heterocycles. The van der Waals surface area contributed by atoms with Gasteiger partial charge < -0.3 is 4.52 Å². The van der Waals surface area contributed by atoms with Crippen LogP contribution in [-0.4, -0.2) is 41.1 Å². The van der Waals surface area contributed by atoms with E-state index < -0.39 is 33.2 Å². The summed E-state index contributed by atoms with van der Waals surface area (Å²) in [6.07, 6.45) is 1.40. The lowest BCUT2D eigenvalue weighted by Crippen LogP contribution is -2.23. The maximum atomic E-state index is 11.3. The third-order valence-electron chi connectivity index (χ3n) is 1.13. The van der Waals surface area contributed by atoms with Crippen LogP contribution in [0.1, 0.15) is 6.92 Å². The van der Waals surface area contributed by atoms with Crippen molar-refractivity contribution in [2.24, 2.45) is 0 Å². The molecule has 0 aliphatic heterocycles. The van der Waals surface area contributed by atoms with Crippen LogP contribution in [0.4, 0.5) is 0 Å². The summed E-state index contributed by atoms with van der Waals surface area (Å²) in [4.78, 5) is 0. The highest BCUT2D eigenvalue weighted by Crippen LogP contribution is 2.34. The van der Waals surface area contributed by atoms with Crippen molar-refractivity contribution < 1.29 is 30.1 Å². The topological polar surface area (TPSA) is 104 Å². The first-order valence-electron chi connectivity index (χ1n) is 3.81. The van der Waals surface area contributed by atoms with E-state index in [1.165, 1.54) is 6.92 Å². The first-order chi connectivity index (χ1) is 6.58. The fourth-order valence-corrected chi connectivity index (χ4v) is 4.83. The third kappa shape index (κ3) is 6.26. The molecular formula is C5H13O7PS2. The van der Waals surface area contributed by atoms with Gasteiger partial charge in [-0.05, 0) is 6.92 Å². The van der Waals surface area contributed by atoms with E-state index in [9.17, 15) is 21.4 Å². The van der Waals surface area contributed by atoms with E-state index in [2.05, 4.69) is 8.71 Å². The molecule has 0 aliphatic carbocycles. The van der Waals surface area contributed by atoms with Crippen LogP contribution in [0.3, 0.4) is 0 Å². The molecule has 0 spiro atoms. The molecule has 92 valence electrons. The van der Waals surface area contributed by atoms with Gasteiger partial charge in [-0.15, -0.1) is 0 Å². The van der Waals surface area contributed by atoms with Crippen molar-refractivity contribution in [1.29, 1.82) is 0 Å². The van der Waals surface area contributed by atoms with Crippen LogP contribution in [0.5, 0.6) is 0 Å². The summed E-state index contributed by atoms with van der Waals surface area (Å²) in [5.41, 5.74) is 0. The molecule has 0 radical (unpaired) electrons. The maximum Gasteiger partial charge on any atom is 0.266 e. The minimum absolute atomic E-state index is 0.0109. The molecule has 0 bridgehead atoms. The van der Waals surface area contributed by atoms with Gasteiger partial charge in [-0.1, -0.05) is 0 Å². The number of rotatable bonds is 6. The smallest absolute Gasteiger partial charge is 0.266 e. The Morgan fingerprint density at radius 3 is 1.93 bits per heavy atom. The second-order valence-electron chi connectivity index (χ2n) is 2.71. The van der Waals surface area contributed by atoms with E-state index in [0.29, 0.717) is 6.26 Å². The van der Waals surface area contributed by atoms with E-state index in [0.717, 1.165) is 6.26 Å². The predicted molar refractivity (Wildman–Crippen MR) is 55.2 cm³/mol. The lowest BCUT2D eigenvalue weighted by molar-refractivity contribution is 0.290. The van der Waals surface area contributed by atoms with Crippen molar-refractivity contribution >= 4 is 28.0 Å². The average Bonchev–Trinajstić information content (AvgIpc) is 1.97. The van der Waals surface area contributed by atoms with E-state index >= 15 is 0 Å². The summed E-state index contributed by atoms with van der Waals surface area (Å²) in [6.45, 7) is 1.51. The Hall–Kier alpha value is 0.0500. The van der Waals surface area contributed by atoms with Gasteiger partial charge in [0, 0.05) is 6.26 Å². The number of hydrogen-bond acceptors (Lipinski definition) is 7. The molecular weight excluding hydrogens is 267 g/mol. The number of hydrogen-bond donors (Lipinski definition) is 0. The standard InChI is InChI=1S/C5H13O7PS2/c1-4-11-13(6)5(14(2,7)8)12-15(3,9)10/h5,13H,4H2,1-3H3. The minimum atomic E-state index is -4.00. The van der Waals surface area contributed by atoms with Crippen molar-refractivity contribution in [3.8, 4) is 0 Å². The third-order valence-corrected chi connectivity index (χ3v) is 5.78. The van der Waals surface area contributed by atoms with Crippen LogP contribution < -0.4 is 0 Å². The Morgan fingerprint density at radius 2 is 1.67 bits per heavy atom. The SMILES string of the molecule is CCO[PH](=O)C(OS(C)(=O)=O)S(C)(=O)=O. The summed E-state index contributed by atoms with van der Waals surface area (Å²) >= 11 is 0. The quantitative estimate of drug-likeness (QED) is 0.490. The van der Waals surface area contributed by atoms with E-state index in [-0.39, 0.29) is 6.61 Å². The molecule has 0 N–H and O–H groups in total. The van der Waals surface area contributed by atoms with Gasteiger partial charge in [0.1, 0.15) is 0 Å². The number of sulfone groups is 1. The second kappa shape index (κ2) is 5.40. The van der Waals surface area contributed by atoms with E-state index in [1.54, 1.807) is 0 Å². The van der Waals surface area contributed by atoms with Gasteiger partial charge in [0.2, 0.25) is 13.2 Å². The molecule has 0 aromatic heterocycles. The lowest BCUT2D eigenvalue weighted by atomic mass is 10.9. The highest BCUT2D eigenvalue weighted by atomic mass is 32.2. The summed E-state index contributed by atoms with van der Waals surface area (Å²) in [5, 5.41) is -1.95. The molecule has 0 rings (SSSR count). The molecule has 0 aliphatic rings. The van der Waals surface area contributed by atoms with Gasteiger partial charge in [-0.25, -0.2) is 12.6 Å². The van der Waals surface area contributed by atoms with Crippen LogP contribution in [0.2, 0.25) is 0 Å². The van der Waals surface area contributed by atoms with Crippen molar-refractivity contribution in [2.45, 2.75) is 12.1 Å². The summed E-state index contributed by atoms with van der Waals surface area (Å²) < 4.78 is 63.7. The maximum absolute atomic E-state index is 11.3. The molecule has 0 amide bonds. The predicted octanol–water partition coefficient (Wildman–Crippen LogP) is -0.198. The molecule has 0 fully saturated rings.